The van der Waals surface area contributed by atoms with Gasteiger partial charge in [0.2, 0.25) is 5.91 Å². The molecule has 10 heteroatoms. The topological polar surface area (TPSA) is 123 Å². The van der Waals surface area contributed by atoms with Crippen LogP contribution < -0.4 is 16.4 Å². The molecule has 3 aliphatic heterocycles. The average molecular weight is 490 g/mol. The number of rotatable bonds is 5. The zero-order valence-electron chi connectivity index (χ0n) is 20.2. The fourth-order valence-electron chi connectivity index (χ4n) is 5.60. The van der Waals surface area contributed by atoms with Crippen molar-refractivity contribution in [2.24, 2.45) is 34.2 Å². The highest BCUT2D eigenvalue weighted by Crippen LogP contribution is 2.33. The molecule has 0 aromatic heterocycles. The molecular formula is C25H36FN5O4. The smallest absolute Gasteiger partial charge is 0.437 e. The van der Waals surface area contributed by atoms with Crippen LogP contribution in [0.15, 0.2) is 23.2 Å². The van der Waals surface area contributed by atoms with Crippen molar-refractivity contribution in [3.8, 4) is 0 Å². The van der Waals surface area contributed by atoms with Crippen molar-refractivity contribution < 1.29 is 23.5 Å². The van der Waals surface area contributed by atoms with E-state index in [0.717, 1.165) is 57.9 Å². The second-order valence-electron chi connectivity index (χ2n) is 9.72. The lowest BCUT2D eigenvalue weighted by atomic mass is 9.79. The molecular weight excluding hydrogens is 453 g/mol. The van der Waals surface area contributed by atoms with E-state index in [1.807, 2.05) is 9.80 Å². The highest BCUT2D eigenvalue weighted by atomic mass is 19.1. The summed E-state index contributed by atoms with van der Waals surface area (Å²) in [6.45, 7) is 4.36. The Morgan fingerprint density at radius 1 is 1.00 bits per heavy atom. The molecule has 1 aromatic rings. The molecule has 4 rings (SSSR count). The first-order chi connectivity index (χ1) is 16.9. The first-order valence-corrected chi connectivity index (χ1v) is 12.6. The van der Waals surface area contributed by atoms with Crippen LogP contribution >= 0.6 is 0 Å². The summed E-state index contributed by atoms with van der Waals surface area (Å²) in [5.74, 6) is 0.827. The summed E-state index contributed by atoms with van der Waals surface area (Å²) in [6, 6.07) is 4.99. The first-order valence-electron chi connectivity index (χ1n) is 12.6. The number of ether oxygens (including phenoxy) is 2. The van der Waals surface area contributed by atoms with Gasteiger partial charge >= 0.3 is 6.09 Å². The van der Waals surface area contributed by atoms with Gasteiger partial charge in [-0.15, -0.1) is 4.99 Å². The van der Waals surface area contributed by atoms with Crippen LogP contribution in [0.2, 0.25) is 0 Å². The molecule has 0 bridgehead atoms. The van der Waals surface area contributed by atoms with Gasteiger partial charge in [-0.25, -0.2) is 9.18 Å². The molecule has 4 N–H and O–H groups in total. The molecule has 0 saturated carbocycles. The molecule has 3 aliphatic rings. The molecule has 3 saturated heterocycles. The van der Waals surface area contributed by atoms with E-state index in [4.69, 9.17) is 20.9 Å². The van der Waals surface area contributed by atoms with Crippen LogP contribution in [0.25, 0.3) is 0 Å². The van der Waals surface area contributed by atoms with Gasteiger partial charge in [-0.05, 0) is 56.4 Å². The molecule has 1 aromatic carbocycles. The zero-order valence-corrected chi connectivity index (χ0v) is 20.2. The van der Waals surface area contributed by atoms with E-state index in [0.29, 0.717) is 37.5 Å². The molecule has 0 spiro atoms. The van der Waals surface area contributed by atoms with E-state index < -0.39 is 17.9 Å². The monoisotopic (exact) mass is 489 g/mol. The summed E-state index contributed by atoms with van der Waals surface area (Å²) in [6.07, 6.45) is 4.89. The van der Waals surface area contributed by atoms with Crippen LogP contribution in [0.3, 0.4) is 0 Å². The van der Waals surface area contributed by atoms with Crippen molar-refractivity contribution >= 4 is 23.6 Å². The van der Waals surface area contributed by atoms with Gasteiger partial charge in [0.15, 0.2) is 11.8 Å². The van der Waals surface area contributed by atoms with Crippen molar-refractivity contribution in [3.63, 3.8) is 0 Å². The number of guanidine groups is 1. The molecule has 9 nitrogen and oxygen atoms in total. The number of carbonyl (C=O) groups is 2. The Bertz CT molecular complexity index is 916. The number of amides is 2. The SMILES string of the molecule is NC(N)=NC(=O)OCc1cccc(N2CCC(C(=O)N3CCC(C4CCOCC4)CC3)CC2)c1F. The Kier molecular flexibility index (Phi) is 8.43. The van der Waals surface area contributed by atoms with E-state index in [2.05, 4.69) is 4.99 Å². The first kappa shape index (κ1) is 25.2. The third-order valence-electron chi connectivity index (χ3n) is 7.60. The Morgan fingerprint density at radius 2 is 1.66 bits per heavy atom. The number of piperidine rings is 2. The number of benzene rings is 1. The van der Waals surface area contributed by atoms with Gasteiger partial charge in [-0.1, -0.05) is 12.1 Å². The Hall–Kier alpha value is -2.88. The minimum atomic E-state index is -0.967. The van der Waals surface area contributed by atoms with Crippen LogP contribution in [0.1, 0.15) is 44.1 Å². The van der Waals surface area contributed by atoms with Crippen LogP contribution in [0, 0.1) is 23.6 Å². The molecule has 35 heavy (non-hydrogen) atoms. The zero-order chi connectivity index (χ0) is 24.8. The fraction of sp³-hybridized carbons (Fsp3) is 0.640. The van der Waals surface area contributed by atoms with Gasteiger partial charge in [0.05, 0.1) is 5.69 Å². The third kappa shape index (κ3) is 6.42. The number of halogens is 1. The van der Waals surface area contributed by atoms with Gasteiger partial charge in [0, 0.05) is 50.9 Å². The number of nitrogens with zero attached hydrogens (tertiary/aromatic N) is 3. The standard InChI is InChI=1S/C25H36FN5O4/c26-22-20(16-35-25(33)29-24(27)28)2-1-3-21(22)30-10-6-19(7-11-30)23(32)31-12-4-17(5-13-31)18-8-14-34-15-9-18/h1-3,17-19H,4-16H2,(H4,27,28,29,33). The van der Waals surface area contributed by atoms with Crippen LogP contribution in [-0.2, 0) is 20.9 Å². The molecule has 3 fully saturated rings. The average Bonchev–Trinajstić information content (AvgIpc) is 2.88. The predicted octanol–water partition coefficient (Wildman–Crippen LogP) is 2.62. The normalized spacial score (nSPS) is 20.5. The van der Waals surface area contributed by atoms with Crippen molar-refractivity contribution in [1.29, 1.82) is 0 Å². The number of likely N-dealkylation sites (tertiary alicyclic amines) is 1. The molecule has 0 radical (unpaired) electrons. The number of anilines is 1. The summed E-state index contributed by atoms with van der Waals surface area (Å²) in [4.78, 5) is 31.9. The van der Waals surface area contributed by atoms with Crippen LogP contribution in [0.4, 0.5) is 14.9 Å². The van der Waals surface area contributed by atoms with E-state index in [1.54, 1.807) is 18.2 Å². The summed E-state index contributed by atoms with van der Waals surface area (Å²) in [5, 5.41) is 0. The largest absolute Gasteiger partial charge is 0.443 e. The highest BCUT2D eigenvalue weighted by molar-refractivity contribution is 5.87. The van der Waals surface area contributed by atoms with E-state index >= 15 is 4.39 Å². The fourth-order valence-corrected chi connectivity index (χ4v) is 5.60. The second-order valence-corrected chi connectivity index (χ2v) is 9.72. The molecule has 0 atom stereocenters. The number of carbonyl (C=O) groups excluding carboxylic acids is 2. The molecule has 3 heterocycles. The molecule has 192 valence electrons. The van der Waals surface area contributed by atoms with Crippen LogP contribution in [-0.4, -0.2) is 62.3 Å². The summed E-state index contributed by atoms with van der Waals surface area (Å²) in [7, 11) is 0. The maximum absolute atomic E-state index is 15.1. The van der Waals surface area contributed by atoms with Crippen molar-refractivity contribution in [1.82, 2.24) is 4.90 Å². The maximum Gasteiger partial charge on any atom is 0.437 e. The Morgan fingerprint density at radius 3 is 2.31 bits per heavy atom. The number of nitrogens with two attached hydrogens (primary N) is 2. The summed E-state index contributed by atoms with van der Waals surface area (Å²) < 4.78 is 25.5. The minimum Gasteiger partial charge on any atom is -0.443 e. The quantitative estimate of drug-likeness (QED) is 0.481. The number of hydrogen-bond donors (Lipinski definition) is 2. The molecule has 0 aliphatic carbocycles. The van der Waals surface area contributed by atoms with Crippen molar-refractivity contribution in [3.05, 3.63) is 29.6 Å². The number of aliphatic imine (C=N–C) groups is 1. The maximum atomic E-state index is 15.1. The minimum absolute atomic E-state index is 0.0161. The molecule has 0 unspecified atom stereocenters. The lowest BCUT2D eigenvalue weighted by Gasteiger charge is -2.40. The third-order valence-corrected chi connectivity index (χ3v) is 7.60. The lowest BCUT2D eigenvalue weighted by Crippen LogP contribution is -2.46. The van der Waals surface area contributed by atoms with Gasteiger partial charge in [0.25, 0.3) is 0 Å². The van der Waals surface area contributed by atoms with Gasteiger partial charge in [-0.3, -0.25) is 4.79 Å². The predicted molar refractivity (Wildman–Crippen MR) is 130 cm³/mol. The second kappa shape index (κ2) is 11.7. The Balaban J connectivity index is 1.27. The van der Waals surface area contributed by atoms with Gasteiger partial charge in [-0.2, -0.15) is 0 Å². The van der Waals surface area contributed by atoms with Crippen molar-refractivity contribution in [2.45, 2.75) is 45.1 Å². The van der Waals surface area contributed by atoms with E-state index in [9.17, 15) is 9.59 Å². The summed E-state index contributed by atoms with van der Waals surface area (Å²) in [5.41, 5.74) is 11.0. The molecule has 2 amide bonds. The highest BCUT2D eigenvalue weighted by Gasteiger charge is 2.34. The van der Waals surface area contributed by atoms with E-state index in [1.165, 1.54) is 0 Å². The lowest BCUT2D eigenvalue weighted by molar-refractivity contribution is -0.138. The van der Waals surface area contributed by atoms with Gasteiger partial charge < -0.3 is 30.7 Å². The summed E-state index contributed by atoms with van der Waals surface area (Å²) >= 11 is 0. The van der Waals surface area contributed by atoms with E-state index in [-0.39, 0.29) is 24.0 Å². The number of hydrogen-bond acceptors (Lipinski definition) is 5. The van der Waals surface area contributed by atoms with Gasteiger partial charge in [0.1, 0.15) is 6.61 Å². The van der Waals surface area contributed by atoms with Crippen molar-refractivity contribution in [2.75, 3.05) is 44.3 Å². The van der Waals surface area contributed by atoms with Crippen LogP contribution in [0.5, 0.6) is 0 Å². The Labute approximate surface area is 205 Å².